The number of hydrogen-bond acceptors (Lipinski definition) is 5. The van der Waals surface area contributed by atoms with E-state index in [-0.39, 0.29) is 12.5 Å². The third kappa shape index (κ3) is 3.93. The van der Waals surface area contributed by atoms with E-state index in [4.69, 9.17) is 14.2 Å². The highest BCUT2D eigenvalue weighted by atomic mass is 79.9. The molecule has 0 spiro atoms. The summed E-state index contributed by atoms with van der Waals surface area (Å²) in [4.78, 5) is 11.9. The van der Waals surface area contributed by atoms with E-state index in [9.17, 15) is 4.79 Å². The smallest absolute Gasteiger partial charge is 0.247 e. The number of amides is 1. The third-order valence-corrected chi connectivity index (χ3v) is 4.26. The van der Waals surface area contributed by atoms with Crippen LogP contribution in [0.2, 0.25) is 0 Å². The van der Waals surface area contributed by atoms with Gasteiger partial charge in [0.1, 0.15) is 11.5 Å². The molecule has 0 aliphatic carbocycles. The molecule has 2 aromatic rings. The fourth-order valence-electron chi connectivity index (χ4n) is 2.35. The Kier molecular flexibility index (Phi) is 5.23. The second-order valence-electron chi connectivity index (χ2n) is 5.32. The third-order valence-electron chi connectivity index (χ3n) is 3.60. The molecule has 130 valence electrons. The van der Waals surface area contributed by atoms with Gasteiger partial charge in [-0.2, -0.15) is 5.01 Å². The van der Waals surface area contributed by atoms with Crippen LogP contribution < -0.4 is 9.47 Å². The molecular formula is C18H17BrN2O4. The van der Waals surface area contributed by atoms with Crippen molar-refractivity contribution in [2.45, 2.75) is 13.2 Å². The Hall–Kier alpha value is -2.54. The minimum atomic E-state index is -0.610. The number of carbonyl (C=O) groups excluding carboxylic acids is 1. The largest absolute Gasteiger partial charge is 0.497 e. The van der Waals surface area contributed by atoms with Crippen molar-refractivity contribution in [2.24, 2.45) is 5.10 Å². The molecule has 1 amide bonds. The van der Waals surface area contributed by atoms with Crippen LogP contribution >= 0.6 is 15.9 Å². The molecule has 0 radical (unpaired) electrons. The Morgan fingerprint density at radius 3 is 2.60 bits per heavy atom. The van der Waals surface area contributed by atoms with Gasteiger partial charge in [0, 0.05) is 12.5 Å². The van der Waals surface area contributed by atoms with Crippen molar-refractivity contribution >= 4 is 27.7 Å². The molecule has 0 saturated heterocycles. The molecule has 2 aromatic carbocycles. The molecule has 1 aliphatic heterocycles. The topological polar surface area (TPSA) is 60.4 Å². The Labute approximate surface area is 154 Å². The van der Waals surface area contributed by atoms with E-state index in [1.165, 1.54) is 11.9 Å². The van der Waals surface area contributed by atoms with Gasteiger partial charge in [-0.1, -0.05) is 12.1 Å². The fourth-order valence-corrected chi connectivity index (χ4v) is 2.75. The molecule has 6 nitrogen and oxygen atoms in total. The van der Waals surface area contributed by atoms with Crippen molar-refractivity contribution in [1.82, 2.24) is 5.01 Å². The number of para-hydroxylation sites is 1. The maximum Gasteiger partial charge on any atom is 0.247 e. The summed E-state index contributed by atoms with van der Waals surface area (Å²) in [6, 6.07) is 14.8. The summed E-state index contributed by atoms with van der Waals surface area (Å²) in [5.41, 5.74) is 0.802. The summed E-state index contributed by atoms with van der Waals surface area (Å²) in [5, 5.41) is 5.55. The number of methoxy groups -OCH3 is 1. The van der Waals surface area contributed by atoms with E-state index in [0.29, 0.717) is 11.6 Å². The van der Waals surface area contributed by atoms with Crippen LogP contribution in [0.15, 0.2) is 58.1 Å². The summed E-state index contributed by atoms with van der Waals surface area (Å²) in [5.74, 6) is 1.54. The van der Waals surface area contributed by atoms with E-state index in [2.05, 4.69) is 21.0 Å². The molecule has 7 heteroatoms. The van der Waals surface area contributed by atoms with E-state index in [1.807, 2.05) is 48.5 Å². The first-order chi connectivity index (χ1) is 12.1. The molecule has 0 N–H and O–H groups in total. The molecule has 1 heterocycles. The SMILES string of the molecule is COc1ccc([C@H]2OC(COc3ccccc3Br)=NN2C(C)=O)cc1. The number of ether oxygens (including phenoxy) is 3. The van der Waals surface area contributed by atoms with Gasteiger partial charge in [0.15, 0.2) is 6.61 Å². The van der Waals surface area contributed by atoms with Crippen LogP contribution in [0.1, 0.15) is 18.7 Å². The zero-order valence-electron chi connectivity index (χ0n) is 13.8. The predicted octanol–water partition coefficient (Wildman–Crippen LogP) is 3.73. The van der Waals surface area contributed by atoms with Crippen molar-refractivity contribution in [3.8, 4) is 11.5 Å². The van der Waals surface area contributed by atoms with Gasteiger partial charge in [-0.15, -0.1) is 5.10 Å². The van der Waals surface area contributed by atoms with Crippen molar-refractivity contribution < 1.29 is 19.0 Å². The number of benzene rings is 2. The Morgan fingerprint density at radius 1 is 1.24 bits per heavy atom. The number of hydrogen-bond donors (Lipinski definition) is 0. The van der Waals surface area contributed by atoms with Crippen LogP contribution in [0, 0.1) is 0 Å². The van der Waals surface area contributed by atoms with E-state index in [1.54, 1.807) is 7.11 Å². The second kappa shape index (κ2) is 7.57. The lowest BCUT2D eigenvalue weighted by atomic mass is 10.2. The zero-order chi connectivity index (χ0) is 17.8. The lowest BCUT2D eigenvalue weighted by molar-refractivity contribution is -0.135. The Balaban J connectivity index is 1.73. The van der Waals surface area contributed by atoms with Crippen LogP contribution in [0.25, 0.3) is 0 Å². The number of carbonyl (C=O) groups is 1. The highest BCUT2D eigenvalue weighted by Crippen LogP contribution is 2.30. The van der Waals surface area contributed by atoms with Gasteiger partial charge in [-0.3, -0.25) is 4.79 Å². The molecule has 0 bridgehead atoms. The summed E-state index contributed by atoms with van der Waals surface area (Å²) in [6.45, 7) is 1.57. The maximum atomic E-state index is 11.9. The minimum absolute atomic E-state index is 0.124. The van der Waals surface area contributed by atoms with E-state index < -0.39 is 6.23 Å². The number of halogens is 1. The van der Waals surface area contributed by atoms with Gasteiger partial charge in [-0.05, 0) is 52.3 Å². The lowest BCUT2D eigenvalue weighted by Gasteiger charge is -2.19. The Morgan fingerprint density at radius 2 is 1.96 bits per heavy atom. The maximum absolute atomic E-state index is 11.9. The first-order valence-corrected chi connectivity index (χ1v) is 8.43. The second-order valence-corrected chi connectivity index (χ2v) is 6.17. The van der Waals surface area contributed by atoms with Crippen LogP contribution in [-0.4, -0.2) is 30.5 Å². The van der Waals surface area contributed by atoms with Crippen LogP contribution in [0.4, 0.5) is 0 Å². The lowest BCUT2D eigenvalue weighted by Crippen LogP contribution is -2.25. The highest BCUT2D eigenvalue weighted by molar-refractivity contribution is 9.10. The van der Waals surface area contributed by atoms with Crippen molar-refractivity contribution in [3.05, 3.63) is 58.6 Å². The van der Waals surface area contributed by atoms with E-state index in [0.717, 1.165) is 15.8 Å². The summed E-state index contributed by atoms with van der Waals surface area (Å²) in [6.07, 6.45) is -0.610. The molecule has 1 aliphatic rings. The predicted molar refractivity (Wildman–Crippen MR) is 96.4 cm³/mol. The summed E-state index contributed by atoms with van der Waals surface area (Å²) < 4.78 is 17.5. The fraction of sp³-hybridized carbons (Fsp3) is 0.222. The molecule has 25 heavy (non-hydrogen) atoms. The normalized spacial score (nSPS) is 16.2. The van der Waals surface area contributed by atoms with Crippen LogP contribution in [0.3, 0.4) is 0 Å². The summed E-state index contributed by atoms with van der Waals surface area (Å²) in [7, 11) is 1.60. The van der Waals surface area contributed by atoms with E-state index >= 15 is 0 Å². The molecule has 0 saturated carbocycles. The summed E-state index contributed by atoms with van der Waals surface area (Å²) >= 11 is 3.42. The molecule has 3 rings (SSSR count). The van der Waals surface area contributed by atoms with Gasteiger partial charge in [0.25, 0.3) is 0 Å². The standard InChI is InChI=1S/C18H17BrN2O4/c1-12(22)21-18(13-7-9-14(23-2)10-8-13)25-17(20-21)11-24-16-6-4-3-5-15(16)19/h3-10,18H,11H2,1-2H3/t18-/m1/s1. The first-order valence-electron chi connectivity index (χ1n) is 7.63. The number of rotatable bonds is 5. The van der Waals surface area contributed by atoms with Crippen LogP contribution in [0.5, 0.6) is 11.5 Å². The quantitative estimate of drug-likeness (QED) is 0.761. The Bertz CT molecular complexity index is 792. The monoisotopic (exact) mass is 404 g/mol. The first kappa shape index (κ1) is 17.3. The van der Waals surface area contributed by atoms with Crippen LogP contribution in [-0.2, 0) is 9.53 Å². The minimum Gasteiger partial charge on any atom is -0.497 e. The molecule has 0 unspecified atom stereocenters. The zero-order valence-corrected chi connectivity index (χ0v) is 15.4. The average molecular weight is 405 g/mol. The number of nitrogens with zero attached hydrogens (tertiary/aromatic N) is 2. The van der Waals surface area contributed by atoms with Gasteiger partial charge in [0.05, 0.1) is 11.6 Å². The molecule has 1 atom stereocenters. The molecule has 0 fully saturated rings. The van der Waals surface area contributed by atoms with Crippen molar-refractivity contribution in [1.29, 1.82) is 0 Å². The highest BCUT2D eigenvalue weighted by Gasteiger charge is 2.32. The van der Waals surface area contributed by atoms with Gasteiger partial charge in [0.2, 0.25) is 18.0 Å². The number of hydrazone groups is 1. The van der Waals surface area contributed by atoms with Crippen molar-refractivity contribution in [2.75, 3.05) is 13.7 Å². The van der Waals surface area contributed by atoms with Gasteiger partial charge in [-0.25, -0.2) is 0 Å². The van der Waals surface area contributed by atoms with Gasteiger partial charge >= 0.3 is 0 Å². The molecule has 0 aromatic heterocycles. The van der Waals surface area contributed by atoms with Gasteiger partial charge < -0.3 is 14.2 Å². The molecular weight excluding hydrogens is 388 g/mol. The average Bonchev–Trinajstić information content (AvgIpc) is 3.06. The van der Waals surface area contributed by atoms with Crippen molar-refractivity contribution in [3.63, 3.8) is 0 Å².